The molecule has 0 unspecified atom stereocenters. The molecule has 12 heteroatoms. The van der Waals surface area contributed by atoms with Crippen LogP contribution in [0.1, 0.15) is 112 Å². The fourth-order valence-electron chi connectivity index (χ4n) is 6.51. The van der Waals surface area contributed by atoms with Gasteiger partial charge in [-0.2, -0.15) is 0 Å². The molecule has 4 aromatic rings. The summed E-state index contributed by atoms with van der Waals surface area (Å²) in [6.07, 6.45) is 7.73. The van der Waals surface area contributed by atoms with Gasteiger partial charge in [-0.25, -0.2) is 9.78 Å². The normalized spacial score (nSPS) is 12.4. The van der Waals surface area contributed by atoms with Gasteiger partial charge in [0.1, 0.15) is 11.4 Å². The molecule has 3 aromatic carbocycles. The quantitative estimate of drug-likeness (QED) is 0.0244. The molecule has 314 valence electrons. The standard InChI is InChI=1S/C48H53N3O9/c1-5-7-8-12-23-58-44(53)28-40(49)36-19-17-33(18-20-36)25-42(52)39-26-35(6-2)43(57-4)27-38(39)37-21-22-41(46(54)50-29-34-15-16-34)51-45(37)48(56)60-30-59-47(55)31(3)24-32-13-10-9-11-14-32/h6,9-11,13-14,17-22,26-27,31,34,49H,2,5,7-8,12,15-16,23-25,28-30H2,1,3-4H3,(H,50,54)/t31-/m0/s1. The maximum atomic E-state index is 14.2. The van der Waals surface area contributed by atoms with Crippen LogP contribution in [0.3, 0.4) is 0 Å². The highest BCUT2D eigenvalue weighted by molar-refractivity contribution is 6.09. The van der Waals surface area contributed by atoms with Crippen LogP contribution in [0.25, 0.3) is 17.2 Å². The number of nitrogens with zero attached hydrogens (tertiary/aromatic N) is 1. The van der Waals surface area contributed by atoms with Crippen molar-refractivity contribution in [1.29, 1.82) is 5.41 Å². The van der Waals surface area contributed by atoms with Crippen LogP contribution in [0.4, 0.5) is 0 Å². The number of ketones is 1. The Labute approximate surface area is 351 Å². The maximum absolute atomic E-state index is 14.2. The summed E-state index contributed by atoms with van der Waals surface area (Å²) in [5, 5.41) is 11.3. The van der Waals surface area contributed by atoms with Crippen molar-refractivity contribution in [1.82, 2.24) is 10.3 Å². The third-order valence-electron chi connectivity index (χ3n) is 10.2. The number of pyridine rings is 1. The Morgan fingerprint density at radius 3 is 2.33 bits per heavy atom. The van der Waals surface area contributed by atoms with Crippen LogP contribution >= 0.6 is 0 Å². The molecular weight excluding hydrogens is 763 g/mol. The van der Waals surface area contributed by atoms with Gasteiger partial charge in [-0.15, -0.1) is 0 Å². The maximum Gasteiger partial charge on any atom is 0.360 e. The molecule has 1 aliphatic carbocycles. The predicted molar refractivity (Wildman–Crippen MR) is 228 cm³/mol. The molecule has 0 saturated heterocycles. The molecule has 1 atom stereocenters. The minimum Gasteiger partial charge on any atom is -0.496 e. The lowest BCUT2D eigenvalue weighted by atomic mass is 9.90. The number of Topliss-reactive ketones (excluding diaryl/α,β-unsaturated/α-hetero) is 1. The van der Waals surface area contributed by atoms with E-state index in [1.165, 1.54) is 19.2 Å². The second kappa shape index (κ2) is 22.1. The second-order valence-electron chi connectivity index (χ2n) is 14.9. The van der Waals surface area contributed by atoms with Gasteiger partial charge in [-0.3, -0.25) is 19.2 Å². The summed E-state index contributed by atoms with van der Waals surface area (Å²) in [5.74, 6) is -2.55. The molecule has 1 aromatic heterocycles. The number of amides is 1. The summed E-state index contributed by atoms with van der Waals surface area (Å²) >= 11 is 0. The molecule has 0 radical (unpaired) electrons. The topological polar surface area (TPSA) is 171 Å². The Hall–Kier alpha value is -6.43. The van der Waals surface area contributed by atoms with Gasteiger partial charge in [-0.05, 0) is 78.1 Å². The molecule has 60 heavy (non-hydrogen) atoms. The van der Waals surface area contributed by atoms with Crippen molar-refractivity contribution in [2.75, 3.05) is 27.1 Å². The molecule has 1 heterocycles. The van der Waals surface area contributed by atoms with Crippen molar-refractivity contribution in [2.45, 2.75) is 71.6 Å². The number of ether oxygens (including phenoxy) is 4. The van der Waals surface area contributed by atoms with Crippen molar-refractivity contribution in [2.24, 2.45) is 11.8 Å². The van der Waals surface area contributed by atoms with Crippen molar-refractivity contribution >= 4 is 41.4 Å². The van der Waals surface area contributed by atoms with Crippen molar-refractivity contribution in [3.05, 3.63) is 125 Å². The highest BCUT2D eigenvalue weighted by atomic mass is 16.7. The molecule has 0 spiro atoms. The number of carbonyl (C=O) groups is 5. The minimum absolute atomic E-state index is 0.0340. The number of methoxy groups -OCH3 is 1. The van der Waals surface area contributed by atoms with Gasteiger partial charge in [0.2, 0.25) is 6.79 Å². The number of carbonyl (C=O) groups excluding carboxylic acids is 5. The lowest BCUT2D eigenvalue weighted by molar-refractivity contribution is -0.156. The number of hydrogen-bond acceptors (Lipinski definition) is 11. The summed E-state index contributed by atoms with van der Waals surface area (Å²) in [6.45, 7) is 7.81. The molecule has 2 N–H and O–H groups in total. The van der Waals surface area contributed by atoms with Gasteiger partial charge in [0.15, 0.2) is 11.5 Å². The minimum atomic E-state index is -0.978. The predicted octanol–water partition coefficient (Wildman–Crippen LogP) is 8.38. The zero-order chi connectivity index (χ0) is 43.0. The molecule has 12 nitrogen and oxygen atoms in total. The summed E-state index contributed by atoms with van der Waals surface area (Å²) in [7, 11) is 1.47. The van der Waals surface area contributed by atoms with E-state index in [1.807, 2.05) is 30.3 Å². The average molecular weight is 816 g/mol. The zero-order valence-electron chi connectivity index (χ0n) is 34.6. The Morgan fingerprint density at radius 2 is 1.65 bits per heavy atom. The van der Waals surface area contributed by atoms with Gasteiger partial charge >= 0.3 is 17.9 Å². The summed E-state index contributed by atoms with van der Waals surface area (Å²) in [4.78, 5) is 70.8. The molecule has 0 aliphatic heterocycles. The zero-order valence-corrected chi connectivity index (χ0v) is 34.6. The molecule has 1 saturated carbocycles. The number of rotatable bonds is 23. The number of nitrogens with one attached hydrogen (secondary N) is 2. The van der Waals surface area contributed by atoms with E-state index >= 15 is 0 Å². The van der Waals surface area contributed by atoms with Crippen LogP contribution in [0.5, 0.6) is 5.75 Å². The van der Waals surface area contributed by atoms with Crippen LogP contribution in [0.2, 0.25) is 0 Å². The average Bonchev–Trinajstić information content (AvgIpc) is 4.10. The van der Waals surface area contributed by atoms with Gasteiger partial charge in [0, 0.05) is 35.4 Å². The van der Waals surface area contributed by atoms with E-state index in [9.17, 15) is 24.0 Å². The van der Waals surface area contributed by atoms with Crippen LogP contribution in [0, 0.1) is 17.2 Å². The summed E-state index contributed by atoms with van der Waals surface area (Å²) < 4.78 is 21.7. The highest BCUT2D eigenvalue weighted by Gasteiger charge is 2.27. The highest BCUT2D eigenvalue weighted by Crippen LogP contribution is 2.35. The first-order valence-corrected chi connectivity index (χ1v) is 20.4. The largest absolute Gasteiger partial charge is 0.496 e. The number of esters is 3. The summed E-state index contributed by atoms with van der Waals surface area (Å²) in [5.41, 5.74) is 3.12. The van der Waals surface area contributed by atoms with E-state index in [0.717, 1.165) is 44.1 Å². The number of hydrogen-bond donors (Lipinski definition) is 2. The van der Waals surface area contributed by atoms with Crippen LogP contribution in [-0.4, -0.2) is 67.3 Å². The van der Waals surface area contributed by atoms with E-state index in [0.29, 0.717) is 47.9 Å². The Morgan fingerprint density at radius 1 is 0.900 bits per heavy atom. The number of benzene rings is 3. The van der Waals surface area contributed by atoms with E-state index in [4.69, 9.17) is 24.4 Å². The van der Waals surface area contributed by atoms with Gasteiger partial charge < -0.3 is 29.7 Å². The second-order valence-corrected chi connectivity index (χ2v) is 14.9. The van der Waals surface area contributed by atoms with Crippen LogP contribution < -0.4 is 10.1 Å². The lowest BCUT2D eigenvalue weighted by Gasteiger charge is -2.17. The molecule has 0 bridgehead atoms. The first-order chi connectivity index (χ1) is 29.0. The van der Waals surface area contributed by atoms with E-state index in [-0.39, 0.29) is 52.4 Å². The smallest absolute Gasteiger partial charge is 0.360 e. The van der Waals surface area contributed by atoms with E-state index in [2.05, 4.69) is 23.8 Å². The van der Waals surface area contributed by atoms with Crippen molar-refractivity contribution < 1.29 is 42.9 Å². The Balaban J connectivity index is 1.37. The van der Waals surface area contributed by atoms with Gasteiger partial charge in [-0.1, -0.05) is 100 Å². The number of aromatic nitrogens is 1. The Bertz CT molecular complexity index is 2180. The first kappa shape index (κ1) is 44.7. The fraction of sp³-hybridized carbons (Fsp3) is 0.354. The molecular formula is C48H53N3O9. The third-order valence-corrected chi connectivity index (χ3v) is 10.2. The molecule has 1 aliphatic rings. The lowest BCUT2D eigenvalue weighted by Crippen LogP contribution is -2.27. The monoisotopic (exact) mass is 815 g/mol. The Kier molecular flexibility index (Phi) is 16.4. The van der Waals surface area contributed by atoms with Crippen LogP contribution in [-0.2, 0) is 36.6 Å². The van der Waals surface area contributed by atoms with Gasteiger partial charge in [0.05, 0.1) is 26.1 Å². The van der Waals surface area contributed by atoms with E-state index < -0.39 is 36.5 Å². The SMILES string of the molecule is C=Cc1cc(C(=O)Cc2ccc(C(=N)CC(=O)OCCCCCC)cc2)c(-c2ccc(C(=O)NCC3CC3)nc2C(=O)OCOC(=O)[C@@H](C)Cc2ccccc2)cc1OC. The summed E-state index contributed by atoms with van der Waals surface area (Å²) in [6, 6.07) is 22.5. The van der Waals surface area contributed by atoms with Crippen molar-refractivity contribution in [3.63, 3.8) is 0 Å². The molecule has 1 amide bonds. The molecule has 5 rings (SSSR count). The van der Waals surface area contributed by atoms with Crippen molar-refractivity contribution in [3.8, 4) is 16.9 Å². The molecule has 1 fully saturated rings. The third kappa shape index (κ3) is 12.8. The first-order valence-electron chi connectivity index (χ1n) is 20.4. The van der Waals surface area contributed by atoms with Gasteiger partial charge in [0.25, 0.3) is 5.91 Å². The van der Waals surface area contributed by atoms with E-state index in [1.54, 1.807) is 49.4 Å². The fourth-order valence-corrected chi connectivity index (χ4v) is 6.51. The number of unbranched alkanes of at least 4 members (excludes halogenated alkanes) is 3. The van der Waals surface area contributed by atoms with Crippen LogP contribution in [0.15, 0.2) is 85.4 Å².